The van der Waals surface area contributed by atoms with Gasteiger partial charge in [0.15, 0.2) is 0 Å². The molecule has 0 unspecified atom stereocenters. The van der Waals surface area contributed by atoms with Crippen molar-refractivity contribution in [3.05, 3.63) is 152 Å². The van der Waals surface area contributed by atoms with E-state index in [-0.39, 0.29) is 65.7 Å². The number of benzene rings is 4. The van der Waals surface area contributed by atoms with E-state index in [1.807, 2.05) is 111 Å². The van der Waals surface area contributed by atoms with Crippen molar-refractivity contribution in [3.8, 4) is 16.3 Å². The molecule has 0 radical (unpaired) electrons. The molecule has 4 fully saturated rings. The molecule has 0 spiro atoms. The highest BCUT2D eigenvalue weighted by molar-refractivity contribution is 7.90. The summed E-state index contributed by atoms with van der Waals surface area (Å²) in [6.07, 6.45) is 9.47. The number of halogens is 1. The van der Waals surface area contributed by atoms with E-state index in [2.05, 4.69) is 64.4 Å². The SMILES string of the molecule is Cc1ncsc1-c1ccc([C@H](C)NC(=O)[C@@H]2C[C@@H](O)CN2C(=O)[C@@H](NC(=O)CCCCCCC(=O)N2CCN(C[C@@]3(C)CCC(CN4CCN(c5ccc(C(=O)NS(=O)(=O)c6ccc(NCC7CCOCC7)c([N+](=O)[O-])c6)c(N6CCCOc7nc8[nH]ccc8cc76)c5)CC4)=C(c4ccc(Cl)cc4)C3)CC2)C(C)(C)C)cc1. The van der Waals surface area contributed by atoms with Crippen molar-refractivity contribution in [3.63, 3.8) is 0 Å². The van der Waals surface area contributed by atoms with Gasteiger partial charge in [0.05, 0.1) is 55.9 Å². The summed E-state index contributed by atoms with van der Waals surface area (Å²) in [4.78, 5) is 107. The van der Waals surface area contributed by atoms with Crippen molar-refractivity contribution < 1.29 is 51.9 Å². The number of aliphatic hydroxyl groups excluding tert-OH is 1. The standard InChI is InChI=1S/C83H105ClN14O12S2/c1-54(57-14-16-59(17-15-57)75-55(2)87-53-111-75)88-79(103)71-46-64(99)51-97(71)81(104)76(82(3,4)5)89-73(100)12-9-7-8-10-13-74(101)95-39-35-93(36-40-95)52-83(6)30-26-61(67(48-83)58-18-20-62(84)21-19-58)50-92-33-37-94(38-34-92)63-22-24-66(69(45-63)96-32-11-41-110-80-72(96)44-60-27-31-85-77(60)90-80)78(102)91-112(107,108)65-23-25-68(70(47-65)98(105)106)86-49-56-28-42-109-43-29-56/h14-25,27,31,44-45,47,53-54,56,64,71,76,86,99H,7-13,26,28-30,32-43,46,48-52H2,1-6H3,(H,85,90)(H,88,103)(H,89,100)(H,91,102)/t54-,64+,71-,76+,83-/m0/s1. The van der Waals surface area contributed by atoms with Crippen LogP contribution in [0.4, 0.5) is 28.4 Å². The zero-order chi connectivity index (χ0) is 79.0. The maximum Gasteiger partial charge on any atom is 0.293 e. The second kappa shape index (κ2) is 35.6. The summed E-state index contributed by atoms with van der Waals surface area (Å²) in [6, 6.07) is 26.9. The van der Waals surface area contributed by atoms with Crippen molar-refractivity contribution in [2.75, 3.05) is 120 Å². The van der Waals surface area contributed by atoms with E-state index < -0.39 is 60.9 Å². The number of thiazole rings is 1. The molecule has 6 aliphatic rings. The van der Waals surface area contributed by atoms with Crippen LogP contribution in [0.3, 0.4) is 0 Å². The lowest BCUT2D eigenvalue weighted by Gasteiger charge is -2.44. The predicted molar refractivity (Wildman–Crippen MR) is 435 cm³/mol. The van der Waals surface area contributed by atoms with E-state index in [0.29, 0.717) is 113 Å². The molecule has 598 valence electrons. The number of rotatable bonds is 27. The zero-order valence-electron chi connectivity index (χ0n) is 64.9. The molecule has 0 bridgehead atoms. The van der Waals surface area contributed by atoms with E-state index in [4.69, 9.17) is 26.1 Å². The summed E-state index contributed by atoms with van der Waals surface area (Å²) in [5, 5.41) is 33.9. The van der Waals surface area contributed by atoms with Crippen LogP contribution < -0.4 is 35.2 Å². The number of ether oxygens (including phenoxy) is 2. The van der Waals surface area contributed by atoms with E-state index >= 15 is 0 Å². The van der Waals surface area contributed by atoms with Crippen molar-refractivity contribution in [1.29, 1.82) is 0 Å². The van der Waals surface area contributed by atoms with Gasteiger partial charge in [-0.3, -0.25) is 43.9 Å². The number of pyridine rings is 1. The number of aryl methyl sites for hydroxylation is 1. The maximum atomic E-state index is 14.7. The van der Waals surface area contributed by atoms with Crippen LogP contribution in [-0.2, 0) is 33.9 Å². The van der Waals surface area contributed by atoms with Gasteiger partial charge < -0.3 is 55.1 Å². The number of aromatic nitrogens is 3. The van der Waals surface area contributed by atoms with Gasteiger partial charge in [0.25, 0.3) is 21.6 Å². The number of H-pyrrole nitrogens is 1. The Morgan fingerprint density at radius 3 is 2.28 bits per heavy atom. The highest BCUT2D eigenvalue weighted by Gasteiger charge is 2.45. The number of nitro benzene ring substituents is 1. The third-order valence-corrected chi connectivity index (χ3v) is 25.6. The molecule has 1 aliphatic carbocycles. The molecule has 7 aromatic rings. The average Bonchev–Trinajstić information content (AvgIpc) is 1.68. The number of fused-ring (bicyclic) bond motifs is 2. The fourth-order valence-corrected chi connectivity index (χ4v) is 18.5. The molecule has 3 aromatic heterocycles. The Morgan fingerprint density at radius 1 is 0.839 bits per heavy atom. The van der Waals surface area contributed by atoms with Gasteiger partial charge in [-0.2, -0.15) is 4.98 Å². The lowest BCUT2D eigenvalue weighted by Crippen LogP contribution is -2.57. The fourth-order valence-electron chi connectivity index (χ4n) is 16.5. The molecule has 26 nitrogen and oxygen atoms in total. The Balaban J connectivity index is 0.585. The lowest BCUT2D eigenvalue weighted by atomic mass is 9.70. The van der Waals surface area contributed by atoms with Crippen LogP contribution in [0.1, 0.15) is 151 Å². The van der Waals surface area contributed by atoms with Gasteiger partial charge in [0.1, 0.15) is 29.1 Å². The topological polar surface area (TPSA) is 310 Å². The van der Waals surface area contributed by atoms with Gasteiger partial charge in [-0.25, -0.2) is 18.1 Å². The number of nitro groups is 1. The van der Waals surface area contributed by atoms with Crippen LogP contribution >= 0.6 is 22.9 Å². The summed E-state index contributed by atoms with van der Waals surface area (Å²) in [5.74, 6) is -1.18. The fraction of sp³-hybridized carbons (Fsp3) is 0.506. The van der Waals surface area contributed by atoms with Crippen LogP contribution in [0, 0.1) is 33.8 Å². The third-order valence-electron chi connectivity index (χ3n) is 23.0. The number of sulfonamides is 1. The van der Waals surface area contributed by atoms with Gasteiger partial charge in [-0.05, 0) is 159 Å². The quantitative estimate of drug-likeness (QED) is 0.0158. The molecule has 112 heavy (non-hydrogen) atoms. The number of hydrogen-bond acceptors (Lipinski definition) is 20. The number of unbranched alkanes of at least 4 members (excludes halogenated alkanes) is 3. The van der Waals surface area contributed by atoms with Crippen LogP contribution in [-0.4, -0.2) is 206 Å². The molecule has 5 amide bonds. The number of hydrogen-bond donors (Lipinski definition) is 6. The number of carbonyl (C=O) groups is 5. The Bertz CT molecular complexity index is 4700. The molecule has 5 aliphatic heterocycles. The minimum Gasteiger partial charge on any atom is -0.476 e. The average molecular weight is 1590 g/mol. The Morgan fingerprint density at radius 2 is 1.56 bits per heavy atom. The molecule has 0 saturated carbocycles. The number of β-amino-alcohol motifs (C(OH)–C–C–N with tert-alkyl or cyclic N) is 1. The summed E-state index contributed by atoms with van der Waals surface area (Å²) < 4.78 is 42.3. The summed E-state index contributed by atoms with van der Waals surface area (Å²) in [7, 11) is -4.63. The summed E-state index contributed by atoms with van der Waals surface area (Å²) in [5.41, 5.74) is 10.3. The molecule has 4 aromatic carbocycles. The first-order valence-corrected chi connectivity index (χ1v) is 42.2. The van der Waals surface area contributed by atoms with Crippen molar-refractivity contribution in [2.24, 2.45) is 16.7 Å². The number of nitrogens with one attached hydrogen (secondary N) is 5. The predicted octanol–water partition coefficient (Wildman–Crippen LogP) is 12.1. The minimum absolute atomic E-state index is 0.0119. The minimum atomic E-state index is -4.63. The maximum absolute atomic E-state index is 14.7. The molecule has 4 saturated heterocycles. The molecule has 6 N–H and O–H groups in total. The van der Waals surface area contributed by atoms with E-state index in [1.165, 1.54) is 33.7 Å². The van der Waals surface area contributed by atoms with Crippen LogP contribution in [0.2, 0.25) is 5.02 Å². The largest absolute Gasteiger partial charge is 0.476 e. The number of carbonyl (C=O) groups excluding carboxylic acids is 5. The number of allylic oxidation sites excluding steroid dienone is 1. The van der Waals surface area contributed by atoms with Crippen LogP contribution in [0.15, 0.2) is 119 Å². The number of nitrogens with zero attached hydrogens (tertiary/aromatic N) is 9. The molecular weight excluding hydrogens is 1480 g/mol. The second-order valence-electron chi connectivity index (χ2n) is 32.4. The van der Waals surface area contributed by atoms with Gasteiger partial charge in [-0.1, -0.05) is 94.1 Å². The van der Waals surface area contributed by atoms with Gasteiger partial charge >= 0.3 is 0 Å². The van der Waals surface area contributed by atoms with E-state index in [1.54, 1.807) is 23.6 Å². The van der Waals surface area contributed by atoms with E-state index in [0.717, 1.165) is 123 Å². The van der Waals surface area contributed by atoms with Crippen molar-refractivity contribution in [1.82, 2.24) is 49.9 Å². The Hall–Kier alpha value is -9.03. The molecule has 8 heterocycles. The Kier molecular flexibility index (Phi) is 25.7. The number of amides is 5. The van der Waals surface area contributed by atoms with E-state index in [9.17, 15) is 47.6 Å². The van der Waals surface area contributed by atoms with Crippen LogP contribution in [0.25, 0.3) is 27.0 Å². The number of piperazine rings is 2. The molecular formula is C83H105ClN14O12S2. The first-order valence-electron chi connectivity index (χ1n) is 39.5. The first-order chi connectivity index (χ1) is 53.7. The monoisotopic (exact) mass is 1590 g/mol. The number of anilines is 4. The number of aliphatic hydroxyl groups is 1. The zero-order valence-corrected chi connectivity index (χ0v) is 67.3. The van der Waals surface area contributed by atoms with Crippen LogP contribution in [0.5, 0.6) is 5.88 Å². The highest BCUT2D eigenvalue weighted by Crippen LogP contribution is 2.46. The molecule has 5 atom stereocenters. The molecule has 13 rings (SSSR count). The normalized spacial score (nSPS) is 20.2. The van der Waals surface area contributed by atoms with Gasteiger partial charge in [0, 0.05) is 146 Å². The summed E-state index contributed by atoms with van der Waals surface area (Å²) in [6.45, 7) is 21.8. The number of likely N-dealkylation sites (tertiary alicyclic amines) is 1. The molecule has 29 heteroatoms. The van der Waals surface area contributed by atoms with Gasteiger partial charge in [-0.15, -0.1) is 11.3 Å². The lowest BCUT2D eigenvalue weighted by molar-refractivity contribution is -0.384. The van der Waals surface area contributed by atoms with Crippen molar-refractivity contribution in [2.45, 2.75) is 154 Å². The Labute approximate surface area is 664 Å². The second-order valence-corrected chi connectivity index (χ2v) is 35.4. The highest BCUT2D eigenvalue weighted by atomic mass is 35.5. The van der Waals surface area contributed by atoms with Crippen molar-refractivity contribution >= 4 is 108 Å². The smallest absolute Gasteiger partial charge is 0.293 e. The van der Waals surface area contributed by atoms with Gasteiger partial charge in [0.2, 0.25) is 29.5 Å². The third kappa shape index (κ3) is 19.6. The summed E-state index contributed by atoms with van der Waals surface area (Å²) >= 11 is 8.09. The number of aromatic amines is 1. The first kappa shape index (κ1) is 81.0.